The van der Waals surface area contributed by atoms with Crippen LogP contribution in [0.4, 0.5) is 15.8 Å². The monoisotopic (exact) mass is 296 g/mol. The predicted molar refractivity (Wildman–Crippen MR) is 69.8 cm³/mol. The molecular weight excluding hydrogens is 287 g/mol. The number of halogens is 1. The Labute approximate surface area is 116 Å². The van der Waals surface area contributed by atoms with Crippen molar-refractivity contribution in [1.82, 2.24) is 4.57 Å². The van der Waals surface area contributed by atoms with E-state index in [0.29, 0.717) is 0 Å². The molecule has 7 nitrogen and oxygen atoms in total. The van der Waals surface area contributed by atoms with Crippen molar-refractivity contribution in [3.63, 3.8) is 0 Å². The van der Waals surface area contributed by atoms with Gasteiger partial charge in [-0.05, 0) is 12.1 Å². The first-order valence-electron chi connectivity index (χ1n) is 5.39. The number of hydrogen-bond acceptors (Lipinski definition) is 5. The number of thiazole rings is 1. The number of nitro benzene ring substituents is 1. The number of nitro groups is 1. The Hall–Kier alpha value is -2.55. The number of rotatable bonds is 4. The second kappa shape index (κ2) is 5.61. The number of nitrogens with one attached hydrogen (secondary N) is 2. The lowest BCUT2D eigenvalue weighted by molar-refractivity contribution is -0.384. The van der Waals surface area contributed by atoms with Crippen LogP contribution >= 0.6 is 11.3 Å². The number of aromatic nitrogens is 1. The molecule has 2 rings (SSSR count). The molecule has 9 heteroatoms. The van der Waals surface area contributed by atoms with Gasteiger partial charge in [-0.25, -0.2) is 4.39 Å². The van der Waals surface area contributed by atoms with Crippen LogP contribution in [0.1, 0.15) is 0 Å². The SMILES string of the molecule is N=c1sccn1CC(=O)Nc1ccc(F)cc1[N+](=O)[O-]. The van der Waals surface area contributed by atoms with E-state index in [-0.39, 0.29) is 17.0 Å². The van der Waals surface area contributed by atoms with Gasteiger partial charge in [0.25, 0.3) is 5.69 Å². The second-order valence-corrected chi connectivity index (χ2v) is 4.70. The number of nitrogens with zero attached hydrogens (tertiary/aromatic N) is 2. The molecule has 104 valence electrons. The van der Waals surface area contributed by atoms with Gasteiger partial charge in [0.15, 0.2) is 4.80 Å². The number of amides is 1. The van der Waals surface area contributed by atoms with Gasteiger partial charge in [0.2, 0.25) is 5.91 Å². The van der Waals surface area contributed by atoms with Crippen molar-refractivity contribution in [2.24, 2.45) is 0 Å². The summed E-state index contributed by atoms with van der Waals surface area (Å²) < 4.78 is 14.3. The highest BCUT2D eigenvalue weighted by Crippen LogP contribution is 2.24. The fraction of sp³-hybridized carbons (Fsp3) is 0.0909. The van der Waals surface area contributed by atoms with Gasteiger partial charge >= 0.3 is 0 Å². The van der Waals surface area contributed by atoms with Gasteiger partial charge in [-0.2, -0.15) is 0 Å². The van der Waals surface area contributed by atoms with Gasteiger partial charge in [-0.1, -0.05) is 0 Å². The summed E-state index contributed by atoms with van der Waals surface area (Å²) in [7, 11) is 0. The highest BCUT2D eigenvalue weighted by atomic mass is 32.1. The van der Waals surface area contributed by atoms with Crippen molar-refractivity contribution in [2.75, 3.05) is 5.32 Å². The molecule has 0 unspecified atom stereocenters. The molecule has 0 spiro atoms. The van der Waals surface area contributed by atoms with Crippen molar-refractivity contribution in [3.05, 3.63) is 50.5 Å². The van der Waals surface area contributed by atoms with E-state index >= 15 is 0 Å². The summed E-state index contributed by atoms with van der Waals surface area (Å²) in [4.78, 5) is 22.0. The summed E-state index contributed by atoms with van der Waals surface area (Å²) in [5, 5.41) is 22.3. The zero-order valence-corrected chi connectivity index (χ0v) is 10.8. The fourth-order valence-corrected chi connectivity index (χ4v) is 2.13. The Morgan fingerprint density at radius 1 is 1.55 bits per heavy atom. The summed E-state index contributed by atoms with van der Waals surface area (Å²) in [6.45, 7) is -0.142. The topological polar surface area (TPSA) is 101 Å². The van der Waals surface area contributed by atoms with E-state index in [1.165, 1.54) is 4.57 Å². The third kappa shape index (κ3) is 3.06. The van der Waals surface area contributed by atoms with Crippen molar-refractivity contribution in [2.45, 2.75) is 6.54 Å². The number of benzene rings is 1. The van der Waals surface area contributed by atoms with E-state index in [0.717, 1.165) is 29.5 Å². The lowest BCUT2D eigenvalue weighted by Crippen LogP contribution is -2.24. The molecule has 0 aliphatic carbocycles. The lowest BCUT2D eigenvalue weighted by Gasteiger charge is -2.06. The summed E-state index contributed by atoms with van der Waals surface area (Å²) >= 11 is 1.15. The maximum absolute atomic E-state index is 13.0. The maximum atomic E-state index is 13.0. The van der Waals surface area contributed by atoms with Crippen molar-refractivity contribution in [3.8, 4) is 0 Å². The van der Waals surface area contributed by atoms with Crippen LogP contribution in [-0.2, 0) is 11.3 Å². The van der Waals surface area contributed by atoms with Gasteiger partial charge in [0.1, 0.15) is 18.0 Å². The number of carbonyl (C=O) groups excluding carboxylic acids is 1. The minimum Gasteiger partial charge on any atom is -0.319 e. The first-order chi connectivity index (χ1) is 9.47. The van der Waals surface area contributed by atoms with Crippen LogP contribution in [-0.4, -0.2) is 15.4 Å². The van der Waals surface area contributed by atoms with Crippen LogP contribution < -0.4 is 10.1 Å². The van der Waals surface area contributed by atoms with Crippen LogP contribution in [0.3, 0.4) is 0 Å². The van der Waals surface area contributed by atoms with E-state index in [4.69, 9.17) is 5.41 Å². The number of hydrogen-bond donors (Lipinski definition) is 2. The molecule has 2 N–H and O–H groups in total. The molecule has 0 aliphatic rings. The summed E-state index contributed by atoms with van der Waals surface area (Å²) in [5.41, 5.74) is -0.594. The van der Waals surface area contributed by atoms with Gasteiger partial charge in [-0.3, -0.25) is 20.3 Å². The third-order valence-electron chi connectivity index (χ3n) is 2.43. The van der Waals surface area contributed by atoms with Crippen LogP contribution in [0.15, 0.2) is 29.8 Å². The molecule has 0 aliphatic heterocycles. The van der Waals surface area contributed by atoms with E-state index in [2.05, 4.69) is 5.32 Å². The average Bonchev–Trinajstić information content (AvgIpc) is 2.77. The maximum Gasteiger partial charge on any atom is 0.295 e. The molecule has 2 aromatic rings. The van der Waals surface area contributed by atoms with Crippen LogP contribution in [0.25, 0.3) is 0 Å². The van der Waals surface area contributed by atoms with Crippen LogP contribution in [0, 0.1) is 21.3 Å². The molecule has 0 radical (unpaired) electrons. The lowest BCUT2D eigenvalue weighted by atomic mass is 10.2. The highest BCUT2D eigenvalue weighted by Gasteiger charge is 2.17. The molecule has 1 heterocycles. The van der Waals surface area contributed by atoms with Crippen LogP contribution in [0.2, 0.25) is 0 Å². The minimum atomic E-state index is -0.771. The molecule has 0 saturated carbocycles. The summed E-state index contributed by atoms with van der Waals surface area (Å²) in [5.74, 6) is -1.29. The molecule has 0 bridgehead atoms. The molecule has 0 atom stereocenters. The first-order valence-corrected chi connectivity index (χ1v) is 6.27. The van der Waals surface area contributed by atoms with Gasteiger partial charge < -0.3 is 9.88 Å². The van der Waals surface area contributed by atoms with E-state index < -0.39 is 22.3 Å². The zero-order chi connectivity index (χ0) is 14.7. The summed E-state index contributed by atoms with van der Waals surface area (Å²) in [6.07, 6.45) is 1.56. The van der Waals surface area contributed by atoms with Crippen molar-refractivity contribution < 1.29 is 14.1 Å². The molecule has 0 fully saturated rings. The Bertz CT molecular complexity index is 724. The fourth-order valence-electron chi connectivity index (χ4n) is 1.53. The standard InChI is InChI=1S/C11H9FN4O3S/c12-7-1-2-8(9(5-7)16(18)19)14-10(17)6-15-3-4-20-11(15)13/h1-5,13H,6H2,(H,14,17). The van der Waals surface area contributed by atoms with Crippen molar-refractivity contribution in [1.29, 1.82) is 5.41 Å². The van der Waals surface area contributed by atoms with Crippen molar-refractivity contribution >= 4 is 28.6 Å². The predicted octanol–water partition coefficient (Wildman–Crippen LogP) is 1.72. The molecule has 20 heavy (non-hydrogen) atoms. The first kappa shape index (κ1) is 13.9. The van der Waals surface area contributed by atoms with E-state index in [1.54, 1.807) is 11.6 Å². The average molecular weight is 296 g/mol. The Morgan fingerprint density at radius 2 is 2.30 bits per heavy atom. The van der Waals surface area contributed by atoms with Gasteiger partial charge in [-0.15, -0.1) is 11.3 Å². The highest BCUT2D eigenvalue weighted by molar-refractivity contribution is 7.06. The number of carbonyl (C=O) groups is 1. The molecule has 1 amide bonds. The molecule has 1 aromatic carbocycles. The van der Waals surface area contributed by atoms with E-state index in [9.17, 15) is 19.3 Å². The van der Waals surface area contributed by atoms with Gasteiger partial charge in [0.05, 0.1) is 11.0 Å². The zero-order valence-electron chi connectivity index (χ0n) is 10.00. The van der Waals surface area contributed by atoms with E-state index in [1.807, 2.05) is 0 Å². The normalized spacial score (nSPS) is 10.2. The Balaban J connectivity index is 2.18. The smallest absolute Gasteiger partial charge is 0.295 e. The van der Waals surface area contributed by atoms with Crippen LogP contribution in [0.5, 0.6) is 0 Å². The second-order valence-electron chi connectivity index (χ2n) is 3.80. The quantitative estimate of drug-likeness (QED) is 0.663. The minimum absolute atomic E-state index is 0.0799. The summed E-state index contributed by atoms with van der Waals surface area (Å²) in [6, 6.07) is 2.89. The Morgan fingerprint density at radius 3 is 2.90 bits per heavy atom. The number of anilines is 1. The van der Waals surface area contributed by atoms with Gasteiger partial charge in [0, 0.05) is 11.6 Å². The molecular formula is C11H9FN4O3S. The largest absolute Gasteiger partial charge is 0.319 e. The Kier molecular flexibility index (Phi) is 3.89. The third-order valence-corrected chi connectivity index (χ3v) is 3.14. The molecule has 0 saturated heterocycles. The molecule has 1 aromatic heterocycles.